The smallest absolute Gasteiger partial charge is 0.463 e. The predicted molar refractivity (Wildman–Crippen MR) is 150 cm³/mol. The first-order valence-electron chi connectivity index (χ1n) is 13.8. The summed E-state index contributed by atoms with van der Waals surface area (Å²) in [7, 11) is -4.41. The Morgan fingerprint density at radius 1 is 0.714 bits per heavy atom. The van der Waals surface area contributed by atoms with Gasteiger partial charge in [0.1, 0.15) is 12.7 Å². The molecule has 1 aliphatic rings. The highest BCUT2D eigenvalue weighted by Gasteiger charge is 2.54. The third kappa shape index (κ3) is 15.1. The minimum Gasteiger partial charge on any atom is -0.463 e. The van der Waals surface area contributed by atoms with Crippen molar-refractivity contribution in [3.63, 3.8) is 0 Å². The number of phosphoric ester groups is 1. The van der Waals surface area contributed by atoms with Crippen molar-refractivity contribution in [1.29, 1.82) is 0 Å². The molecular formula is C28H45O13P. The van der Waals surface area contributed by atoms with Crippen LogP contribution < -0.4 is 0 Å². The molecule has 0 bridgehead atoms. The van der Waals surface area contributed by atoms with E-state index in [1.807, 2.05) is 52.0 Å². The van der Waals surface area contributed by atoms with Crippen LogP contribution in [0.4, 0.5) is 0 Å². The van der Waals surface area contributed by atoms with Crippen LogP contribution in [0.2, 0.25) is 0 Å². The van der Waals surface area contributed by atoms with Gasteiger partial charge in [0.2, 0.25) is 6.29 Å². The van der Waals surface area contributed by atoms with Gasteiger partial charge in [-0.15, -0.1) is 0 Å². The highest BCUT2D eigenvalue weighted by Crippen LogP contribution is 2.52. The standard InChI is InChI=1S/C28H45O13P/c1-18(2)13-9-11-15-35-42(33,36-16-12-10-14-19(3)4)41-28-27(39-23(8)32)26(38-22(7)31)25(37-21(6)30)24(40-28)17-34-20(5)29/h9-10,13-14,18-19,24-28H,11-12,15-17H2,1-8H3/b13-9+,14-10+/t24-,25-,26+,27+,28-/m1/s1. The number of carbonyl (C=O) groups excluding carboxylic acids is 4. The average molecular weight is 621 g/mol. The lowest BCUT2D eigenvalue weighted by Crippen LogP contribution is -2.62. The summed E-state index contributed by atoms with van der Waals surface area (Å²) in [5, 5.41) is 0. The molecule has 0 amide bonds. The molecule has 1 aliphatic heterocycles. The minimum atomic E-state index is -4.41. The molecule has 14 heteroatoms. The predicted octanol–water partition coefficient (Wildman–Crippen LogP) is 4.43. The van der Waals surface area contributed by atoms with Crippen LogP contribution in [-0.2, 0) is 61.0 Å². The van der Waals surface area contributed by atoms with E-state index in [1.54, 1.807) is 0 Å². The molecule has 240 valence electrons. The second kappa shape index (κ2) is 18.9. The lowest BCUT2D eigenvalue weighted by atomic mass is 9.98. The van der Waals surface area contributed by atoms with Crippen LogP contribution in [0.3, 0.4) is 0 Å². The molecule has 0 N–H and O–H groups in total. The summed E-state index contributed by atoms with van der Waals surface area (Å²) in [5.41, 5.74) is 0. The second-order valence-electron chi connectivity index (χ2n) is 10.2. The molecule has 0 unspecified atom stereocenters. The topological polar surface area (TPSA) is 159 Å². The molecule has 1 saturated heterocycles. The maximum Gasteiger partial charge on any atom is 0.477 e. The fourth-order valence-corrected chi connectivity index (χ4v) is 4.98. The molecule has 0 spiro atoms. The van der Waals surface area contributed by atoms with Gasteiger partial charge in [0.05, 0.1) is 13.2 Å². The van der Waals surface area contributed by atoms with Gasteiger partial charge in [-0.05, 0) is 24.7 Å². The lowest BCUT2D eigenvalue weighted by Gasteiger charge is -2.44. The van der Waals surface area contributed by atoms with Gasteiger partial charge in [0.25, 0.3) is 0 Å². The van der Waals surface area contributed by atoms with Crippen molar-refractivity contribution in [2.75, 3.05) is 19.8 Å². The zero-order chi connectivity index (χ0) is 31.9. The minimum absolute atomic E-state index is 0.0480. The molecule has 1 rings (SSSR count). The molecule has 1 heterocycles. The van der Waals surface area contributed by atoms with Gasteiger partial charge >= 0.3 is 31.7 Å². The second-order valence-corrected chi connectivity index (χ2v) is 11.8. The van der Waals surface area contributed by atoms with Crippen LogP contribution in [-0.4, -0.2) is 74.4 Å². The van der Waals surface area contributed by atoms with Crippen molar-refractivity contribution in [1.82, 2.24) is 0 Å². The van der Waals surface area contributed by atoms with Crippen molar-refractivity contribution < 1.29 is 61.0 Å². The number of ether oxygens (including phenoxy) is 5. The molecule has 1 fully saturated rings. The van der Waals surface area contributed by atoms with Crippen LogP contribution in [0, 0.1) is 11.8 Å². The van der Waals surface area contributed by atoms with E-state index in [0.717, 1.165) is 27.7 Å². The molecule has 0 radical (unpaired) electrons. The number of esters is 4. The van der Waals surface area contributed by atoms with Crippen LogP contribution in [0.15, 0.2) is 24.3 Å². The Hall–Kier alpha value is -2.57. The Labute approximate surface area is 247 Å². The van der Waals surface area contributed by atoms with Crippen molar-refractivity contribution >= 4 is 31.7 Å². The summed E-state index contributed by atoms with van der Waals surface area (Å²) in [6, 6.07) is 0. The van der Waals surface area contributed by atoms with Crippen molar-refractivity contribution in [3.05, 3.63) is 24.3 Å². The van der Waals surface area contributed by atoms with E-state index in [0.29, 0.717) is 24.7 Å². The summed E-state index contributed by atoms with van der Waals surface area (Å²) in [5.74, 6) is -2.50. The van der Waals surface area contributed by atoms with Gasteiger partial charge < -0.3 is 23.7 Å². The first-order valence-corrected chi connectivity index (χ1v) is 15.3. The zero-order valence-electron chi connectivity index (χ0n) is 25.6. The Morgan fingerprint density at radius 3 is 1.60 bits per heavy atom. The summed E-state index contributed by atoms with van der Waals surface area (Å²) >= 11 is 0. The molecule has 13 nitrogen and oxygen atoms in total. The summed E-state index contributed by atoms with van der Waals surface area (Å²) in [6.07, 6.45) is 0.934. The SMILES string of the molecule is CC(=O)OC[C@H]1O[C@H](OP(=O)(OCC/C=C/C(C)C)OCC/C=C/C(C)C)[C@@H](OC(C)=O)[C@@H](OC(C)=O)[C@@H]1OC(C)=O. The first-order chi connectivity index (χ1) is 19.6. The van der Waals surface area contributed by atoms with Crippen LogP contribution in [0.1, 0.15) is 68.2 Å². The van der Waals surface area contributed by atoms with E-state index >= 15 is 0 Å². The number of hydrogen-bond acceptors (Lipinski definition) is 13. The van der Waals surface area contributed by atoms with Gasteiger partial charge in [-0.3, -0.25) is 32.7 Å². The van der Waals surface area contributed by atoms with Crippen LogP contribution >= 0.6 is 7.82 Å². The van der Waals surface area contributed by atoms with Crippen LogP contribution in [0.5, 0.6) is 0 Å². The number of carbonyl (C=O) groups is 4. The Kier molecular flexibility index (Phi) is 16.8. The van der Waals surface area contributed by atoms with Crippen molar-refractivity contribution in [2.24, 2.45) is 11.8 Å². The van der Waals surface area contributed by atoms with Gasteiger partial charge in [0.15, 0.2) is 18.3 Å². The van der Waals surface area contributed by atoms with Gasteiger partial charge in [-0.1, -0.05) is 52.0 Å². The molecule has 0 aromatic carbocycles. The molecule has 0 aromatic heterocycles. The first kappa shape index (κ1) is 37.5. The molecular weight excluding hydrogens is 575 g/mol. The van der Waals surface area contributed by atoms with Gasteiger partial charge in [0, 0.05) is 27.7 Å². The van der Waals surface area contributed by atoms with E-state index in [-0.39, 0.29) is 13.2 Å². The Bertz CT molecular complexity index is 962. The summed E-state index contributed by atoms with van der Waals surface area (Å²) in [6.45, 7) is 11.9. The maximum absolute atomic E-state index is 13.9. The van der Waals surface area contributed by atoms with Crippen molar-refractivity contribution in [3.8, 4) is 0 Å². The highest BCUT2D eigenvalue weighted by atomic mass is 31.2. The monoisotopic (exact) mass is 620 g/mol. The number of hydrogen-bond donors (Lipinski definition) is 0. The fraction of sp³-hybridized carbons (Fsp3) is 0.714. The van der Waals surface area contributed by atoms with E-state index in [1.165, 1.54) is 0 Å². The summed E-state index contributed by atoms with van der Waals surface area (Å²) < 4.78 is 57.8. The van der Waals surface area contributed by atoms with Gasteiger partial charge in [-0.2, -0.15) is 0 Å². The number of allylic oxidation sites excluding steroid dienone is 2. The summed E-state index contributed by atoms with van der Waals surface area (Å²) in [4.78, 5) is 47.6. The van der Waals surface area contributed by atoms with E-state index in [9.17, 15) is 23.7 Å². The largest absolute Gasteiger partial charge is 0.477 e. The lowest BCUT2D eigenvalue weighted by molar-refractivity contribution is -0.291. The van der Waals surface area contributed by atoms with E-state index in [4.69, 9.17) is 37.3 Å². The number of phosphoric acid groups is 1. The fourth-order valence-electron chi connectivity index (χ4n) is 3.70. The third-order valence-corrected chi connectivity index (χ3v) is 6.75. The average Bonchev–Trinajstić information content (AvgIpc) is 2.85. The third-order valence-electron chi connectivity index (χ3n) is 5.29. The Morgan fingerprint density at radius 2 is 1.17 bits per heavy atom. The zero-order valence-corrected chi connectivity index (χ0v) is 26.5. The maximum atomic E-state index is 13.9. The normalized spacial score (nSPS) is 23.0. The van der Waals surface area contributed by atoms with E-state index in [2.05, 4.69) is 0 Å². The Balaban J connectivity index is 3.41. The highest BCUT2D eigenvalue weighted by molar-refractivity contribution is 7.48. The molecule has 0 aliphatic carbocycles. The quantitative estimate of drug-likeness (QED) is 0.0739. The molecule has 0 saturated carbocycles. The van der Waals surface area contributed by atoms with Gasteiger partial charge in [-0.25, -0.2) is 4.57 Å². The molecule has 0 aromatic rings. The molecule has 5 atom stereocenters. The number of rotatable bonds is 17. The van der Waals surface area contributed by atoms with E-state index < -0.39 is 69.0 Å². The van der Waals surface area contributed by atoms with Crippen LogP contribution in [0.25, 0.3) is 0 Å². The van der Waals surface area contributed by atoms with Crippen molar-refractivity contribution in [2.45, 2.75) is 98.9 Å². The molecule has 42 heavy (non-hydrogen) atoms.